The van der Waals surface area contributed by atoms with E-state index in [1.807, 2.05) is 11.4 Å². The second-order valence-electron chi connectivity index (χ2n) is 7.48. The molecule has 10 heteroatoms. The first-order valence-corrected chi connectivity index (χ1v) is 12.7. The SMILES string of the molecule is COc1ccc(NS(=O)(=O)c2ccc(NC(=O)[C@H]3CCCN3C(=O)c3cccs3)cc2)cc1. The minimum absolute atomic E-state index is 0.0617. The van der Waals surface area contributed by atoms with E-state index in [-0.39, 0.29) is 16.7 Å². The summed E-state index contributed by atoms with van der Waals surface area (Å²) in [6.45, 7) is 0.531. The summed E-state index contributed by atoms with van der Waals surface area (Å²) in [5.41, 5.74) is 0.865. The summed E-state index contributed by atoms with van der Waals surface area (Å²) in [6, 6.07) is 15.4. The van der Waals surface area contributed by atoms with Crippen LogP contribution in [0.2, 0.25) is 0 Å². The van der Waals surface area contributed by atoms with Crippen LogP contribution < -0.4 is 14.8 Å². The summed E-state index contributed by atoms with van der Waals surface area (Å²) in [7, 11) is -2.26. The molecule has 33 heavy (non-hydrogen) atoms. The van der Waals surface area contributed by atoms with E-state index >= 15 is 0 Å². The molecule has 172 valence electrons. The molecule has 2 aromatic carbocycles. The number of nitrogens with zero attached hydrogens (tertiary/aromatic N) is 1. The number of thiophene rings is 1. The average molecular weight is 486 g/mol. The molecule has 1 aliphatic heterocycles. The van der Waals surface area contributed by atoms with Crippen molar-refractivity contribution in [3.8, 4) is 5.75 Å². The fourth-order valence-electron chi connectivity index (χ4n) is 3.64. The van der Waals surface area contributed by atoms with Crippen molar-refractivity contribution in [1.29, 1.82) is 0 Å². The van der Waals surface area contributed by atoms with Gasteiger partial charge in [0, 0.05) is 17.9 Å². The quantitative estimate of drug-likeness (QED) is 0.530. The summed E-state index contributed by atoms with van der Waals surface area (Å²) in [4.78, 5) is 27.8. The Labute approximate surface area is 196 Å². The topological polar surface area (TPSA) is 105 Å². The summed E-state index contributed by atoms with van der Waals surface area (Å²) < 4.78 is 32.9. The minimum Gasteiger partial charge on any atom is -0.497 e. The molecule has 4 rings (SSSR count). The predicted molar refractivity (Wildman–Crippen MR) is 127 cm³/mol. The Hall–Kier alpha value is -3.37. The van der Waals surface area contributed by atoms with E-state index in [0.717, 1.165) is 6.42 Å². The van der Waals surface area contributed by atoms with Gasteiger partial charge < -0.3 is 15.0 Å². The fraction of sp³-hybridized carbons (Fsp3) is 0.217. The van der Waals surface area contributed by atoms with Crippen LogP contribution in [0.25, 0.3) is 0 Å². The molecule has 0 aliphatic carbocycles. The van der Waals surface area contributed by atoms with Crippen LogP contribution in [0.1, 0.15) is 22.5 Å². The van der Waals surface area contributed by atoms with Crippen LogP contribution >= 0.6 is 11.3 Å². The van der Waals surface area contributed by atoms with Crippen LogP contribution in [-0.4, -0.2) is 44.8 Å². The van der Waals surface area contributed by atoms with E-state index in [4.69, 9.17) is 4.74 Å². The molecule has 1 aromatic heterocycles. The molecule has 0 saturated carbocycles. The van der Waals surface area contributed by atoms with Gasteiger partial charge in [0.15, 0.2) is 0 Å². The van der Waals surface area contributed by atoms with Crippen molar-refractivity contribution in [2.75, 3.05) is 23.7 Å². The van der Waals surface area contributed by atoms with Gasteiger partial charge in [-0.15, -0.1) is 11.3 Å². The Bertz CT molecular complexity index is 1220. The first-order valence-electron chi connectivity index (χ1n) is 10.3. The van der Waals surface area contributed by atoms with Crippen molar-refractivity contribution in [1.82, 2.24) is 4.90 Å². The van der Waals surface area contributed by atoms with Crippen molar-refractivity contribution in [3.63, 3.8) is 0 Å². The van der Waals surface area contributed by atoms with Gasteiger partial charge in [-0.25, -0.2) is 8.42 Å². The third kappa shape index (κ3) is 5.18. The van der Waals surface area contributed by atoms with Crippen LogP contribution in [0.3, 0.4) is 0 Å². The number of ether oxygens (including phenoxy) is 1. The maximum absolute atomic E-state index is 12.8. The number of amides is 2. The lowest BCUT2D eigenvalue weighted by Gasteiger charge is -2.23. The molecule has 1 aliphatic rings. The van der Waals surface area contributed by atoms with E-state index in [1.165, 1.54) is 42.7 Å². The molecule has 0 unspecified atom stereocenters. The first-order chi connectivity index (χ1) is 15.9. The molecule has 3 aromatic rings. The zero-order valence-electron chi connectivity index (χ0n) is 17.9. The minimum atomic E-state index is -3.79. The van der Waals surface area contributed by atoms with Crippen molar-refractivity contribution in [2.24, 2.45) is 0 Å². The van der Waals surface area contributed by atoms with Gasteiger partial charge >= 0.3 is 0 Å². The molecule has 2 amide bonds. The predicted octanol–water partition coefficient (Wildman–Crippen LogP) is 3.80. The van der Waals surface area contributed by atoms with Gasteiger partial charge in [0.05, 0.1) is 16.9 Å². The number of methoxy groups -OCH3 is 1. The smallest absolute Gasteiger partial charge is 0.264 e. The largest absolute Gasteiger partial charge is 0.497 e. The van der Waals surface area contributed by atoms with Crippen molar-refractivity contribution in [3.05, 3.63) is 70.9 Å². The number of carbonyl (C=O) groups is 2. The zero-order valence-corrected chi connectivity index (χ0v) is 19.5. The third-order valence-corrected chi connectivity index (χ3v) is 7.58. The lowest BCUT2D eigenvalue weighted by atomic mass is 10.2. The monoisotopic (exact) mass is 485 g/mol. The highest BCUT2D eigenvalue weighted by atomic mass is 32.2. The molecule has 2 heterocycles. The number of hydrogen-bond donors (Lipinski definition) is 2. The highest BCUT2D eigenvalue weighted by Crippen LogP contribution is 2.24. The molecule has 2 N–H and O–H groups in total. The zero-order chi connectivity index (χ0) is 23.4. The summed E-state index contributed by atoms with van der Waals surface area (Å²) in [5, 5.41) is 4.63. The molecular formula is C23H23N3O5S2. The summed E-state index contributed by atoms with van der Waals surface area (Å²) in [5.74, 6) is 0.189. The second-order valence-corrected chi connectivity index (χ2v) is 10.1. The molecule has 1 fully saturated rings. The van der Waals surface area contributed by atoms with E-state index in [2.05, 4.69) is 10.0 Å². The van der Waals surface area contributed by atoms with Crippen LogP contribution in [-0.2, 0) is 14.8 Å². The lowest BCUT2D eigenvalue weighted by molar-refractivity contribution is -0.119. The van der Waals surface area contributed by atoms with Gasteiger partial charge in [0.2, 0.25) is 5.91 Å². The molecule has 1 saturated heterocycles. The van der Waals surface area contributed by atoms with Crippen LogP contribution in [0.5, 0.6) is 5.75 Å². The van der Waals surface area contributed by atoms with Crippen LogP contribution in [0.15, 0.2) is 70.9 Å². The Morgan fingerprint density at radius 3 is 2.36 bits per heavy atom. The highest BCUT2D eigenvalue weighted by Gasteiger charge is 2.35. The average Bonchev–Trinajstić information content (AvgIpc) is 3.52. The third-order valence-electron chi connectivity index (χ3n) is 5.32. The van der Waals surface area contributed by atoms with E-state index in [0.29, 0.717) is 35.0 Å². The van der Waals surface area contributed by atoms with Crippen molar-refractivity contribution < 1.29 is 22.7 Å². The number of sulfonamides is 1. The summed E-state index contributed by atoms with van der Waals surface area (Å²) in [6.07, 6.45) is 1.34. The normalized spacial score (nSPS) is 15.8. The van der Waals surface area contributed by atoms with Gasteiger partial charge in [-0.3, -0.25) is 14.3 Å². The first kappa shape index (κ1) is 22.8. The Kier molecular flexibility index (Phi) is 6.66. The molecule has 0 bridgehead atoms. The highest BCUT2D eigenvalue weighted by molar-refractivity contribution is 7.92. The molecule has 1 atom stereocenters. The Morgan fingerprint density at radius 1 is 1.03 bits per heavy atom. The molecule has 0 spiro atoms. The maximum Gasteiger partial charge on any atom is 0.264 e. The molecule has 8 nitrogen and oxygen atoms in total. The van der Waals surface area contributed by atoms with Gasteiger partial charge in [-0.1, -0.05) is 6.07 Å². The van der Waals surface area contributed by atoms with Gasteiger partial charge in [-0.05, 0) is 72.8 Å². The van der Waals surface area contributed by atoms with E-state index in [1.54, 1.807) is 35.2 Å². The Morgan fingerprint density at radius 2 is 1.73 bits per heavy atom. The number of carbonyl (C=O) groups excluding carboxylic acids is 2. The van der Waals surface area contributed by atoms with E-state index < -0.39 is 16.1 Å². The van der Waals surface area contributed by atoms with Gasteiger partial charge in [-0.2, -0.15) is 0 Å². The van der Waals surface area contributed by atoms with Crippen molar-refractivity contribution in [2.45, 2.75) is 23.8 Å². The summed E-state index contributed by atoms with van der Waals surface area (Å²) >= 11 is 1.35. The standard InChI is InChI=1S/C23H23N3O5S2/c1-31-18-10-6-17(7-11-18)25-33(29,30)19-12-8-16(9-13-19)24-22(27)20-4-2-14-26(20)23(28)21-5-3-15-32-21/h3,5-13,15,20,25H,2,4,14H2,1H3,(H,24,27)/t20-/m1/s1. The van der Waals surface area contributed by atoms with Gasteiger partial charge in [0.1, 0.15) is 11.8 Å². The number of hydrogen-bond acceptors (Lipinski definition) is 6. The van der Waals surface area contributed by atoms with Crippen LogP contribution in [0, 0.1) is 0 Å². The number of rotatable bonds is 7. The van der Waals surface area contributed by atoms with Crippen molar-refractivity contribution >= 4 is 44.5 Å². The van der Waals surface area contributed by atoms with Gasteiger partial charge in [0.25, 0.3) is 15.9 Å². The number of likely N-dealkylation sites (tertiary alicyclic amines) is 1. The molecule has 0 radical (unpaired) electrons. The van der Waals surface area contributed by atoms with E-state index in [9.17, 15) is 18.0 Å². The fourth-order valence-corrected chi connectivity index (χ4v) is 5.38. The van der Waals surface area contributed by atoms with Crippen LogP contribution in [0.4, 0.5) is 11.4 Å². The maximum atomic E-state index is 12.8. The number of anilines is 2. The Balaban J connectivity index is 1.41. The molecular weight excluding hydrogens is 462 g/mol. The number of benzene rings is 2. The number of nitrogens with one attached hydrogen (secondary N) is 2. The lowest BCUT2D eigenvalue weighted by Crippen LogP contribution is -2.42. The second kappa shape index (κ2) is 9.63.